The zero-order chi connectivity index (χ0) is 16.2. The summed E-state index contributed by atoms with van der Waals surface area (Å²) in [4.78, 5) is 24.7. The topological polar surface area (TPSA) is 144 Å². The highest BCUT2D eigenvalue weighted by Crippen LogP contribution is 2.26. The number of aliphatic hydroxyl groups is 1. The minimum Gasteiger partial charge on any atom is -0.481 e. The summed E-state index contributed by atoms with van der Waals surface area (Å²) in [5, 5.41) is 36.3. The largest absolute Gasteiger partial charge is 0.481 e. The number of likely N-dealkylation sites (tertiary alicyclic amines) is 1. The van der Waals surface area contributed by atoms with Crippen LogP contribution in [0.25, 0.3) is 0 Å². The second kappa shape index (κ2) is 7.74. The van der Waals surface area contributed by atoms with Gasteiger partial charge in [-0.2, -0.15) is 0 Å². The van der Waals surface area contributed by atoms with E-state index >= 15 is 0 Å². The van der Waals surface area contributed by atoms with Crippen LogP contribution in [-0.2, 0) is 9.59 Å². The number of carbonyl (C=O) groups is 2. The molecule has 0 spiro atoms. The summed E-state index contributed by atoms with van der Waals surface area (Å²) < 4.78 is 0. The van der Waals surface area contributed by atoms with Crippen molar-refractivity contribution in [2.24, 2.45) is 17.6 Å². The van der Waals surface area contributed by atoms with Crippen molar-refractivity contribution in [2.75, 3.05) is 13.1 Å². The summed E-state index contributed by atoms with van der Waals surface area (Å²) >= 11 is 0. The lowest BCUT2D eigenvalue weighted by Crippen LogP contribution is -2.54. The van der Waals surface area contributed by atoms with Crippen LogP contribution in [0.15, 0.2) is 0 Å². The molecule has 1 heterocycles. The summed E-state index contributed by atoms with van der Waals surface area (Å²) in [5.74, 6) is -2.31. The number of hydrogen-bond acceptors (Lipinski definition) is 6. The smallest absolute Gasteiger partial charge is 0.451 e. The van der Waals surface area contributed by atoms with Crippen molar-refractivity contribution in [1.82, 2.24) is 4.90 Å². The van der Waals surface area contributed by atoms with Crippen LogP contribution in [0.1, 0.15) is 19.8 Å². The first-order chi connectivity index (χ1) is 9.72. The standard InChI is InChI=1S/C12H23BN2O6/c1-7(16)10(14)11(17)15-5-8(2-3-13(20)21)4-9(6-15)12(18)19/h7-10,16,20-21H,2-6,14H2,1H3,(H,18,19)/t7-,8+,9+,10+/m1/s1. The molecule has 6 N–H and O–H groups in total. The highest BCUT2D eigenvalue weighted by Gasteiger charge is 2.36. The molecule has 0 saturated carbocycles. The van der Waals surface area contributed by atoms with Gasteiger partial charge in [-0.1, -0.05) is 6.42 Å². The van der Waals surface area contributed by atoms with Gasteiger partial charge < -0.3 is 30.9 Å². The first-order valence-corrected chi connectivity index (χ1v) is 7.03. The molecule has 1 aliphatic rings. The number of carbonyl (C=O) groups excluding carboxylic acids is 1. The van der Waals surface area contributed by atoms with E-state index in [-0.39, 0.29) is 18.8 Å². The Kier molecular flexibility index (Phi) is 6.60. The summed E-state index contributed by atoms with van der Waals surface area (Å²) in [7, 11) is -1.45. The van der Waals surface area contributed by atoms with E-state index in [2.05, 4.69) is 0 Å². The lowest BCUT2D eigenvalue weighted by atomic mass is 9.77. The number of piperidine rings is 1. The van der Waals surface area contributed by atoms with E-state index in [1.165, 1.54) is 11.8 Å². The van der Waals surface area contributed by atoms with E-state index < -0.39 is 37.1 Å². The Bertz CT molecular complexity index is 379. The molecule has 1 amide bonds. The predicted octanol–water partition coefficient (Wildman–Crippen LogP) is -1.89. The van der Waals surface area contributed by atoms with Crippen LogP contribution in [0, 0.1) is 11.8 Å². The second-order valence-corrected chi connectivity index (χ2v) is 5.70. The Morgan fingerprint density at radius 2 is 2.00 bits per heavy atom. The van der Waals surface area contributed by atoms with Crippen molar-refractivity contribution < 1.29 is 29.9 Å². The summed E-state index contributed by atoms with van der Waals surface area (Å²) in [6.07, 6.45) is -0.0905. The first-order valence-electron chi connectivity index (χ1n) is 7.03. The fourth-order valence-corrected chi connectivity index (χ4v) is 2.57. The fourth-order valence-electron chi connectivity index (χ4n) is 2.57. The van der Waals surface area contributed by atoms with Gasteiger partial charge in [0.05, 0.1) is 12.0 Å². The van der Waals surface area contributed by atoms with E-state index in [9.17, 15) is 14.7 Å². The number of rotatable bonds is 6. The number of carboxylic acid groups (broad SMARTS) is 1. The van der Waals surface area contributed by atoms with Gasteiger partial charge in [-0.15, -0.1) is 0 Å². The van der Waals surface area contributed by atoms with Crippen molar-refractivity contribution in [3.8, 4) is 0 Å². The Morgan fingerprint density at radius 3 is 2.48 bits per heavy atom. The van der Waals surface area contributed by atoms with Crippen LogP contribution in [0.3, 0.4) is 0 Å². The molecule has 0 aliphatic carbocycles. The van der Waals surface area contributed by atoms with Gasteiger partial charge in [0.2, 0.25) is 5.91 Å². The molecule has 1 saturated heterocycles. The van der Waals surface area contributed by atoms with Crippen molar-refractivity contribution in [2.45, 2.75) is 38.2 Å². The first kappa shape index (κ1) is 17.9. The Morgan fingerprint density at radius 1 is 1.38 bits per heavy atom. The number of nitrogens with zero attached hydrogens (tertiary/aromatic N) is 1. The Labute approximate surface area is 123 Å². The van der Waals surface area contributed by atoms with Crippen LogP contribution in [-0.4, -0.2) is 69.4 Å². The number of aliphatic carboxylic acids is 1. The lowest BCUT2D eigenvalue weighted by Gasteiger charge is -2.37. The van der Waals surface area contributed by atoms with Crippen molar-refractivity contribution in [1.29, 1.82) is 0 Å². The summed E-state index contributed by atoms with van der Waals surface area (Å²) in [6, 6.07) is -1.08. The maximum Gasteiger partial charge on any atom is 0.451 e. The van der Waals surface area contributed by atoms with E-state index in [4.69, 9.17) is 20.9 Å². The second-order valence-electron chi connectivity index (χ2n) is 5.70. The Balaban J connectivity index is 2.74. The molecule has 0 aromatic rings. The van der Waals surface area contributed by atoms with Crippen molar-refractivity contribution in [3.63, 3.8) is 0 Å². The number of carboxylic acids is 1. The van der Waals surface area contributed by atoms with Crippen LogP contribution in [0.2, 0.25) is 6.32 Å². The van der Waals surface area contributed by atoms with E-state index in [0.29, 0.717) is 19.4 Å². The number of amides is 1. The lowest BCUT2D eigenvalue weighted by molar-refractivity contribution is -0.148. The average Bonchev–Trinajstić information content (AvgIpc) is 2.42. The molecule has 8 nitrogen and oxygen atoms in total. The van der Waals surface area contributed by atoms with E-state index in [1.54, 1.807) is 0 Å². The molecule has 120 valence electrons. The van der Waals surface area contributed by atoms with Gasteiger partial charge >= 0.3 is 13.1 Å². The molecule has 1 aliphatic heterocycles. The zero-order valence-electron chi connectivity index (χ0n) is 12.1. The Hall–Kier alpha value is -1.16. The fraction of sp³-hybridized carbons (Fsp3) is 0.833. The minimum absolute atomic E-state index is 0.0623. The van der Waals surface area contributed by atoms with Crippen LogP contribution < -0.4 is 5.73 Å². The van der Waals surface area contributed by atoms with Gasteiger partial charge in [-0.3, -0.25) is 9.59 Å². The number of aliphatic hydroxyl groups excluding tert-OH is 1. The molecule has 1 rings (SSSR count). The highest BCUT2D eigenvalue weighted by atomic mass is 16.4. The SMILES string of the molecule is C[C@@H](O)[C@H](N)C(=O)N1C[C@@H](CCB(O)O)C[C@H](C(=O)O)C1. The third-order valence-electron chi connectivity index (χ3n) is 3.84. The molecule has 4 atom stereocenters. The van der Waals surface area contributed by atoms with Gasteiger partial charge in [-0.05, 0) is 25.6 Å². The monoisotopic (exact) mass is 302 g/mol. The average molecular weight is 302 g/mol. The summed E-state index contributed by atoms with van der Waals surface area (Å²) in [6.45, 7) is 1.78. The van der Waals surface area contributed by atoms with Gasteiger partial charge in [0.25, 0.3) is 0 Å². The number of hydrogen-bond donors (Lipinski definition) is 5. The minimum atomic E-state index is -1.45. The molecular weight excluding hydrogens is 279 g/mol. The predicted molar refractivity (Wildman–Crippen MR) is 75.1 cm³/mol. The maximum absolute atomic E-state index is 12.1. The van der Waals surface area contributed by atoms with Gasteiger partial charge in [-0.25, -0.2) is 0 Å². The van der Waals surface area contributed by atoms with E-state index in [0.717, 1.165) is 0 Å². The van der Waals surface area contributed by atoms with Crippen molar-refractivity contribution >= 4 is 19.0 Å². The van der Waals surface area contributed by atoms with Crippen molar-refractivity contribution in [3.05, 3.63) is 0 Å². The highest BCUT2D eigenvalue weighted by molar-refractivity contribution is 6.40. The third-order valence-corrected chi connectivity index (χ3v) is 3.84. The van der Waals surface area contributed by atoms with Crippen LogP contribution in [0.5, 0.6) is 0 Å². The normalized spacial score (nSPS) is 25.3. The van der Waals surface area contributed by atoms with E-state index in [1.807, 2.05) is 0 Å². The summed E-state index contributed by atoms with van der Waals surface area (Å²) in [5.41, 5.74) is 5.61. The number of nitrogens with two attached hydrogens (primary N) is 1. The molecule has 0 radical (unpaired) electrons. The van der Waals surface area contributed by atoms with Gasteiger partial charge in [0.15, 0.2) is 0 Å². The molecule has 0 unspecified atom stereocenters. The van der Waals surface area contributed by atoms with Gasteiger partial charge in [0.1, 0.15) is 6.04 Å². The quantitative estimate of drug-likeness (QED) is 0.361. The molecule has 9 heteroatoms. The van der Waals surface area contributed by atoms with Gasteiger partial charge in [0, 0.05) is 13.1 Å². The molecule has 1 fully saturated rings. The molecule has 21 heavy (non-hydrogen) atoms. The molecule has 0 aromatic heterocycles. The third kappa shape index (κ3) is 5.27. The zero-order valence-corrected chi connectivity index (χ0v) is 12.1. The molecular formula is C12H23BN2O6. The molecule has 0 bridgehead atoms. The maximum atomic E-state index is 12.1. The van der Waals surface area contributed by atoms with Crippen LogP contribution in [0.4, 0.5) is 0 Å². The van der Waals surface area contributed by atoms with Crippen LogP contribution >= 0.6 is 0 Å². The molecule has 0 aromatic carbocycles.